The molecule has 2 heteroatoms. The van der Waals surface area contributed by atoms with E-state index >= 15 is 0 Å². The van der Waals surface area contributed by atoms with Crippen LogP contribution in [0.15, 0.2) is 24.5 Å². The quantitative estimate of drug-likeness (QED) is 0.634. The van der Waals surface area contributed by atoms with Gasteiger partial charge >= 0.3 is 0 Å². The average Bonchev–Trinajstić information content (AvgIpc) is 2.57. The smallest absolute Gasteiger partial charge is 0.0931 e. The molecule has 0 bridgehead atoms. The monoisotopic (exact) mass is 162 g/mol. The number of nitrogens with zero attached hydrogens (tertiary/aromatic N) is 1. The molecular formula is C10H14N2. The van der Waals surface area contributed by atoms with Gasteiger partial charge in [0.15, 0.2) is 0 Å². The summed E-state index contributed by atoms with van der Waals surface area (Å²) >= 11 is 0. The van der Waals surface area contributed by atoms with E-state index in [9.17, 15) is 0 Å². The minimum atomic E-state index is 1.07. The number of hydrogen-bond donors (Lipinski definition) is 1. The lowest BCUT2D eigenvalue weighted by Crippen LogP contribution is -1.73. The number of hydrogen-bond acceptors (Lipinski definition) is 1. The molecule has 1 heterocycles. The lowest BCUT2D eigenvalue weighted by molar-refractivity contribution is 1.34. The molecule has 12 heavy (non-hydrogen) atoms. The molecule has 0 aliphatic heterocycles. The molecule has 1 N–H and O–H groups in total. The van der Waals surface area contributed by atoms with Crippen molar-refractivity contribution in [3.63, 3.8) is 0 Å². The molecule has 0 saturated heterocycles. The van der Waals surface area contributed by atoms with Crippen LogP contribution in [0.4, 0.5) is 0 Å². The first-order chi connectivity index (χ1) is 5.88. The number of fused-ring (bicyclic) bond motifs is 1. The maximum atomic E-state index is 4.16. The van der Waals surface area contributed by atoms with Crippen LogP contribution in [0.5, 0.6) is 0 Å². The number of aryl methyl sites for hydroxylation is 1. The molecule has 0 fully saturated rings. The number of aromatic nitrogens is 2. The molecule has 0 radical (unpaired) electrons. The van der Waals surface area contributed by atoms with E-state index in [0.717, 1.165) is 11.0 Å². The fourth-order valence-corrected chi connectivity index (χ4v) is 1.11. The third kappa shape index (κ3) is 1.47. The minimum absolute atomic E-state index is 1.07. The van der Waals surface area contributed by atoms with Gasteiger partial charge in [0, 0.05) is 0 Å². The number of rotatable bonds is 0. The summed E-state index contributed by atoms with van der Waals surface area (Å²) < 4.78 is 0. The van der Waals surface area contributed by atoms with Crippen molar-refractivity contribution in [1.29, 1.82) is 0 Å². The van der Waals surface area contributed by atoms with Crippen molar-refractivity contribution in [2.75, 3.05) is 0 Å². The summed E-state index contributed by atoms with van der Waals surface area (Å²) in [6.07, 6.45) is 1.72. The number of benzene rings is 1. The number of H-pyrrole nitrogens is 1. The third-order valence-corrected chi connectivity index (χ3v) is 1.65. The molecule has 0 atom stereocenters. The fraction of sp³-hybridized carbons (Fsp3) is 0.300. The van der Waals surface area contributed by atoms with E-state index in [-0.39, 0.29) is 0 Å². The standard InChI is InChI=1S/C8H8N2.C2H6/c1-6-3-2-4-7-8(6)10-5-9-7;1-2/h2-5H,1H3,(H,9,10);1-2H3. The van der Waals surface area contributed by atoms with Gasteiger partial charge in [-0.25, -0.2) is 4.98 Å². The Bertz CT molecular complexity index is 349. The van der Waals surface area contributed by atoms with E-state index in [1.165, 1.54) is 5.56 Å². The zero-order valence-electron chi connectivity index (χ0n) is 7.76. The summed E-state index contributed by atoms with van der Waals surface area (Å²) in [6.45, 7) is 6.06. The van der Waals surface area contributed by atoms with Crippen LogP contribution in [0.3, 0.4) is 0 Å². The van der Waals surface area contributed by atoms with Crippen LogP contribution in [0.25, 0.3) is 11.0 Å². The van der Waals surface area contributed by atoms with Gasteiger partial charge in [-0.05, 0) is 18.6 Å². The Balaban J connectivity index is 0.000000336. The van der Waals surface area contributed by atoms with E-state index in [1.807, 2.05) is 26.0 Å². The predicted octanol–water partition coefficient (Wildman–Crippen LogP) is 2.90. The number of nitrogens with one attached hydrogen (secondary N) is 1. The first-order valence-electron chi connectivity index (χ1n) is 4.26. The summed E-state index contributed by atoms with van der Waals surface area (Å²) in [4.78, 5) is 7.21. The number of aromatic amines is 1. The van der Waals surface area contributed by atoms with Crippen LogP contribution in [0.2, 0.25) is 0 Å². The molecule has 0 amide bonds. The maximum Gasteiger partial charge on any atom is 0.0931 e. The van der Waals surface area contributed by atoms with Crippen molar-refractivity contribution in [2.24, 2.45) is 0 Å². The molecule has 2 aromatic rings. The fourth-order valence-electron chi connectivity index (χ4n) is 1.11. The van der Waals surface area contributed by atoms with E-state index in [0.29, 0.717) is 0 Å². The lowest BCUT2D eigenvalue weighted by Gasteiger charge is -1.90. The highest BCUT2D eigenvalue weighted by Gasteiger charge is 1.95. The third-order valence-electron chi connectivity index (χ3n) is 1.65. The first kappa shape index (κ1) is 8.78. The van der Waals surface area contributed by atoms with Crippen molar-refractivity contribution in [2.45, 2.75) is 20.8 Å². The molecule has 2 rings (SSSR count). The number of para-hydroxylation sites is 1. The molecule has 0 aliphatic carbocycles. The molecule has 0 spiro atoms. The normalized spacial score (nSPS) is 9.25. The van der Waals surface area contributed by atoms with Gasteiger partial charge in [0.2, 0.25) is 0 Å². The van der Waals surface area contributed by atoms with Crippen LogP contribution >= 0.6 is 0 Å². The average molecular weight is 162 g/mol. The highest BCUT2D eigenvalue weighted by atomic mass is 14.9. The SMILES string of the molecule is CC.Cc1cccc2[nH]cnc12. The molecule has 1 aromatic carbocycles. The Kier molecular flexibility index (Phi) is 2.86. The maximum absolute atomic E-state index is 4.16. The van der Waals surface area contributed by atoms with Gasteiger partial charge in [0.1, 0.15) is 0 Å². The highest BCUT2D eigenvalue weighted by Crippen LogP contribution is 2.11. The second-order valence-corrected chi connectivity index (χ2v) is 2.37. The first-order valence-corrected chi connectivity index (χ1v) is 4.26. The Hall–Kier alpha value is -1.31. The second-order valence-electron chi connectivity index (χ2n) is 2.37. The van der Waals surface area contributed by atoms with Gasteiger partial charge < -0.3 is 4.98 Å². The zero-order valence-corrected chi connectivity index (χ0v) is 7.76. The molecule has 2 nitrogen and oxygen atoms in total. The van der Waals surface area contributed by atoms with Gasteiger partial charge in [-0.1, -0.05) is 26.0 Å². The zero-order chi connectivity index (χ0) is 8.97. The van der Waals surface area contributed by atoms with Gasteiger partial charge in [0.25, 0.3) is 0 Å². The van der Waals surface area contributed by atoms with Gasteiger partial charge in [-0.15, -0.1) is 0 Å². The van der Waals surface area contributed by atoms with Crippen LogP contribution in [0, 0.1) is 6.92 Å². The van der Waals surface area contributed by atoms with Crippen LogP contribution in [-0.2, 0) is 0 Å². The Morgan fingerprint density at radius 2 is 2.00 bits per heavy atom. The molecule has 0 unspecified atom stereocenters. The summed E-state index contributed by atoms with van der Waals surface area (Å²) in [6, 6.07) is 6.11. The van der Waals surface area contributed by atoms with Crippen molar-refractivity contribution < 1.29 is 0 Å². The summed E-state index contributed by atoms with van der Waals surface area (Å²) in [7, 11) is 0. The Labute approximate surface area is 72.6 Å². The van der Waals surface area contributed by atoms with Crippen molar-refractivity contribution in [1.82, 2.24) is 9.97 Å². The van der Waals surface area contributed by atoms with Crippen molar-refractivity contribution in [3.8, 4) is 0 Å². The predicted molar refractivity (Wildman–Crippen MR) is 52.2 cm³/mol. The topological polar surface area (TPSA) is 28.7 Å². The summed E-state index contributed by atoms with van der Waals surface area (Å²) in [5.41, 5.74) is 3.40. The molecule has 0 aliphatic rings. The largest absolute Gasteiger partial charge is 0.345 e. The molecule has 64 valence electrons. The van der Waals surface area contributed by atoms with Gasteiger partial charge in [-0.3, -0.25) is 0 Å². The van der Waals surface area contributed by atoms with Crippen LogP contribution < -0.4 is 0 Å². The second kappa shape index (κ2) is 3.90. The van der Waals surface area contributed by atoms with Gasteiger partial charge in [0.05, 0.1) is 17.4 Å². The van der Waals surface area contributed by atoms with Crippen molar-refractivity contribution in [3.05, 3.63) is 30.1 Å². The van der Waals surface area contributed by atoms with E-state index in [4.69, 9.17) is 0 Å². The molecule has 0 saturated carbocycles. The summed E-state index contributed by atoms with van der Waals surface area (Å²) in [5.74, 6) is 0. The van der Waals surface area contributed by atoms with Crippen LogP contribution in [0.1, 0.15) is 19.4 Å². The highest BCUT2D eigenvalue weighted by molar-refractivity contribution is 5.77. The molecule has 1 aromatic heterocycles. The van der Waals surface area contributed by atoms with E-state index in [2.05, 4.69) is 23.0 Å². The van der Waals surface area contributed by atoms with Crippen LogP contribution in [-0.4, -0.2) is 9.97 Å². The van der Waals surface area contributed by atoms with Gasteiger partial charge in [-0.2, -0.15) is 0 Å². The van der Waals surface area contributed by atoms with E-state index in [1.54, 1.807) is 6.33 Å². The Morgan fingerprint density at radius 3 is 2.67 bits per heavy atom. The Morgan fingerprint density at radius 1 is 1.25 bits per heavy atom. The molecular weight excluding hydrogens is 148 g/mol. The van der Waals surface area contributed by atoms with E-state index < -0.39 is 0 Å². The van der Waals surface area contributed by atoms with Crippen molar-refractivity contribution >= 4 is 11.0 Å². The minimum Gasteiger partial charge on any atom is -0.345 e. The number of imidazole rings is 1. The lowest BCUT2D eigenvalue weighted by atomic mass is 10.2. The summed E-state index contributed by atoms with van der Waals surface area (Å²) in [5, 5.41) is 0.